The summed E-state index contributed by atoms with van der Waals surface area (Å²) in [6.07, 6.45) is 16.4. The molecular weight excluding hydrogens is 348 g/mol. The van der Waals surface area contributed by atoms with E-state index in [0.717, 1.165) is 51.4 Å². The smallest absolute Gasteiger partial charge is 0.130 e. The number of phenolic OH excluding ortho intramolecular Hbond substituents is 1. The van der Waals surface area contributed by atoms with Crippen LogP contribution in [0.2, 0.25) is 0 Å². The fourth-order valence-electron chi connectivity index (χ4n) is 6.73. The van der Waals surface area contributed by atoms with Crippen LogP contribution in [0.15, 0.2) is 18.2 Å². The topological polar surface area (TPSA) is 60.7 Å². The Labute approximate surface area is 169 Å². The molecule has 3 fully saturated rings. The number of hydrogen-bond donors (Lipinski definition) is 3. The molecule has 0 spiro atoms. The van der Waals surface area contributed by atoms with Crippen molar-refractivity contribution in [2.45, 2.75) is 88.8 Å². The molecule has 0 unspecified atom stereocenters. The third-order valence-electron chi connectivity index (χ3n) is 8.43. The molecule has 3 heteroatoms. The standard InChI is InChI=1S/C20H24O2.C5H10O/c1-3-20(22)11-9-18-17-6-4-13-12-14(21)5-7-15(13)16(17)8-10-19(18,20)2;6-5-3-1-2-4-5/h1,5,7,12,16-18,21-22H,4,6,8-11H2,2H3;5-6H,1-4H2/t16-,17-,18+,19+,20+;/m1./s1. The first kappa shape index (κ1) is 19.8. The highest BCUT2D eigenvalue weighted by Gasteiger charge is 2.61. The lowest BCUT2D eigenvalue weighted by molar-refractivity contribution is -0.0646. The number of hydrogen-bond acceptors (Lipinski definition) is 3. The van der Waals surface area contributed by atoms with Crippen molar-refractivity contribution in [3.8, 4) is 18.1 Å². The first-order chi connectivity index (χ1) is 13.4. The van der Waals surface area contributed by atoms with Gasteiger partial charge in [-0.05, 0) is 92.4 Å². The Morgan fingerprint density at radius 3 is 2.46 bits per heavy atom. The lowest BCUT2D eigenvalue weighted by Crippen LogP contribution is -2.50. The molecule has 3 nitrogen and oxygen atoms in total. The summed E-state index contributed by atoms with van der Waals surface area (Å²) >= 11 is 0. The molecule has 3 saturated carbocycles. The molecule has 0 heterocycles. The zero-order chi connectivity index (χ0) is 19.9. The largest absolute Gasteiger partial charge is 0.508 e. The second-order valence-corrected chi connectivity index (χ2v) is 9.74. The maximum atomic E-state index is 10.9. The number of aryl methyl sites for hydroxylation is 1. The van der Waals surface area contributed by atoms with Crippen LogP contribution in [0.1, 0.15) is 81.8 Å². The Hall–Kier alpha value is -1.50. The number of fused-ring (bicyclic) bond motifs is 5. The molecule has 0 radical (unpaired) electrons. The zero-order valence-electron chi connectivity index (χ0n) is 17.0. The first-order valence-corrected chi connectivity index (χ1v) is 11.1. The monoisotopic (exact) mass is 382 g/mol. The number of aromatic hydroxyl groups is 1. The predicted molar refractivity (Wildman–Crippen MR) is 111 cm³/mol. The molecule has 0 aromatic heterocycles. The highest BCUT2D eigenvalue weighted by atomic mass is 16.3. The van der Waals surface area contributed by atoms with Gasteiger partial charge in [-0.25, -0.2) is 0 Å². The van der Waals surface area contributed by atoms with Crippen LogP contribution in [0.3, 0.4) is 0 Å². The zero-order valence-corrected chi connectivity index (χ0v) is 17.0. The van der Waals surface area contributed by atoms with Gasteiger partial charge in [-0.2, -0.15) is 0 Å². The van der Waals surface area contributed by atoms with Gasteiger partial charge in [-0.3, -0.25) is 0 Å². The van der Waals surface area contributed by atoms with E-state index < -0.39 is 5.60 Å². The quantitative estimate of drug-likeness (QED) is 0.578. The Balaban J connectivity index is 0.000000275. The second-order valence-electron chi connectivity index (χ2n) is 9.74. The van der Waals surface area contributed by atoms with Crippen molar-refractivity contribution in [3.05, 3.63) is 29.3 Å². The number of terminal acetylenes is 1. The van der Waals surface area contributed by atoms with Crippen LogP contribution in [-0.4, -0.2) is 27.0 Å². The molecule has 0 bridgehead atoms. The third kappa shape index (κ3) is 3.15. The van der Waals surface area contributed by atoms with E-state index in [0.29, 0.717) is 23.5 Å². The summed E-state index contributed by atoms with van der Waals surface area (Å²) < 4.78 is 0. The SMILES string of the molecule is C#C[C@]1(O)CC[C@H]2[C@@H]3CCc4cc(O)ccc4[C@H]3CC[C@@]21C.OC1CCCC1. The summed E-state index contributed by atoms with van der Waals surface area (Å²) in [5, 5.41) is 29.4. The van der Waals surface area contributed by atoms with Crippen LogP contribution in [0, 0.1) is 29.6 Å². The van der Waals surface area contributed by atoms with Gasteiger partial charge in [0.2, 0.25) is 0 Å². The van der Waals surface area contributed by atoms with Crippen molar-refractivity contribution in [3.63, 3.8) is 0 Å². The number of aliphatic hydroxyl groups is 2. The highest BCUT2D eigenvalue weighted by molar-refractivity contribution is 5.40. The van der Waals surface area contributed by atoms with E-state index in [1.165, 1.54) is 24.0 Å². The lowest BCUT2D eigenvalue weighted by Gasteiger charge is -2.52. The molecule has 1 aromatic rings. The van der Waals surface area contributed by atoms with Crippen LogP contribution in [-0.2, 0) is 6.42 Å². The second kappa shape index (κ2) is 7.39. The van der Waals surface area contributed by atoms with Crippen molar-refractivity contribution < 1.29 is 15.3 Å². The summed E-state index contributed by atoms with van der Waals surface area (Å²) in [6.45, 7) is 2.22. The number of benzene rings is 1. The van der Waals surface area contributed by atoms with E-state index in [9.17, 15) is 10.2 Å². The van der Waals surface area contributed by atoms with E-state index >= 15 is 0 Å². The van der Waals surface area contributed by atoms with Gasteiger partial charge in [0, 0.05) is 5.41 Å². The van der Waals surface area contributed by atoms with E-state index in [1.54, 1.807) is 0 Å². The van der Waals surface area contributed by atoms with Gasteiger partial charge in [0.25, 0.3) is 0 Å². The molecule has 0 saturated heterocycles. The molecule has 5 rings (SSSR count). The first-order valence-electron chi connectivity index (χ1n) is 11.1. The molecule has 3 N–H and O–H groups in total. The maximum Gasteiger partial charge on any atom is 0.130 e. The number of phenols is 1. The van der Waals surface area contributed by atoms with E-state index in [2.05, 4.69) is 18.9 Å². The van der Waals surface area contributed by atoms with Gasteiger partial charge >= 0.3 is 0 Å². The number of aliphatic hydroxyl groups excluding tert-OH is 1. The molecule has 152 valence electrons. The Kier molecular flexibility index (Phi) is 5.23. The average Bonchev–Trinajstić information content (AvgIpc) is 3.27. The average molecular weight is 383 g/mol. The summed E-state index contributed by atoms with van der Waals surface area (Å²) in [7, 11) is 0. The molecule has 0 amide bonds. The maximum absolute atomic E-state index is 10.9. The van der Waals surface area contributed by atoms with Gasteiger partial charge in [-0.15, -0.1) is 6.42 Å². The van der Waals surface area contributed by atoms with Crippen molar-refractivity contribution in [1.82, 2.24) is 0 Å². The Morgan fingerprint density at radius 2 is 1.82 bits per heavy atom. The molecule has 0 aliphatic heterocycles. The van der Waals surface area contributed by atoms with Crippen LogP contribution >= 0.6 is 0 Å². The molecule has 4 aliphatic carbocycles. The van der Waals surface area contributed by atoms with Gasteiger partial charge in [0.15, 0.2) is 0 Å². The normalized spacial score (nSPS) is 39.1. The van der Waals surface area contributed by atoms with Crippen LogP contribution < -0.4 is 0 Å². The van der Waals surface area contributed by atoms with Crippen LogP contribution in [0.4, 0.5) is 0 Å². The number of rotatable bonds is 0. The Morgan fingerprint density at radius 1 is 1.07 bits per heavy atom. The molecule has 28 heavy (non-hydrogen) atoms. The minimum absolute atomic E-state index is 0.0463. The van der Waals surface area contributed by atoms with Crippen molar-refractivity contribution in [2.24, 2.45) is 17.3 Å². The van der Waals surface area contributed by atoms with Gasteiger partial charge in [0.05, 0.1) is 6.10 Å². The fraction of sp³-hybridized carbons (Fsp3) is 0.680. The lowest BCUT2D eigenvalue weighted by atomic mass is 9.53. The van der Waals surface area contributed by atoms with Gasteiger partial charge in [-0.1, -0.05) is 31.8 Å². The van der Waals surface area contributed by atoms with E-state index in [4.69, 9.17) is 11.5 Å². The minimum atomic E-state index is -0.919. The van der Waals surface area contributed by atoms with E-state index in [1.807, 2.05) is 12.1 Å². The molecule has 1 aromatic carbocycles. The summed E-state index contributed by atoms with van der Waals surface area (Å²) in [5.74, 6) is 4.82. The highest BCUT2D eigenvalue weighted by Crippen LogP contribution is 2.64. The van der Waals surface area contributed by atoms with Crippen molar-refractivity contribution >= 4 is 0 Å². The van der Waals surface area contributed by atoms with Gasteiger partial charge < -0.3 is 15.3 Å². The van der Waals surface area contributed by atoms with Crippen LogP contribution in [0.5, 0.6) is 5.75 Å². The van der Waals surface area contributed by atoms with E-state index in [-0.39, 0.29) is 11.5 Å². The Bertz CT molecular complexity index is 760. The van der Waals surface area contributed by atoms with Crippen molar-refractivity contribution in [2.75, 3.05) is 0 Å². The summed E-state index contributed by atoms with van der Waals surface area (Å²) in [6, 6.07) is 5.87. The van der Waals surface area contributed by atoms with Gasteiger partial charge in [0.1, 0.15) is 11.4 Å². The van der Waals surface area contributed by atoms with Crippen LogP contribution in [0.25, 0.3) is 0 Å². The van der Waals surface area contributed by atoms with Crippen molar-refractivity contribution in [1.29, 1.82) is 0 Å². The molecular formula is C25H34O3. The molecule has 5 atom stereocenters. The summed E-state index contributed by atoms with van der Waals surface area (Å²) in [5.41, 5.74) is 1.69. The third-order valence-corrected chi connectivity index (χ3v) is 8.43. The minimum Gasteiger partial charge on any atom is -0.508 e. The fourth-order valence-corrected chi connectivity index (χ4v) is 6.73. The predicted octanol–water partition coefficient (Wildman–Crippen LogP) is 4.53. The molecule has 4 aliphatic rings. The summed E-state index contributed by atoms with van der Waals surface area (Å²) in [4.78, 5) is 0.